The van der Waals surface area contributed by atoms with Crippen LogP contribution in [-0.2, 0) is 19.0 Å². The summed E-state index contributed by atoms with van der Waals surface area (Å²) in [4.78, 5) is 11.2. The Hall–Kier alpha value is -0.650. The van der Waals surface area contributed by atoms with Gasteiger partial charge in [0.05, 0.1) is 26.2 Å². The molecule has 5 nitrogen and oxygen atoms in total. The molecule has 0 spiro atoms. The van der Waals surface area contributed by atoms with Crippen molar-refractivity contribution in [2.24, 2.45) is 0 Å². The zero-order valence-corrected chi connectivity index (χ0v) is 8.49. The molecule has 15 heavy (non-hydrogen) atoms. The normalized spacial score (nSPS) is 29.7. The summed E-state index contributed by atoms with van der Waals surface area (Å²) >= 11 is 0. The summed E-state index contributed by atoms with van der Waals surface area (Å²) in [5.41, 5.74) is 0. The molecule has 0 radical (unpaired) electrons. The van der Waals surface area contributed by atoms with E-state index in [0.717, 1.165) is 0 Å². The SMILES string of the molecule is C.CCOC(=O)CC1(C)OCC(CO)O1. The van der Waals surface area contributed by atoms with Crippen LogP contribution in [0.3, 0.4) is 0 Å². The summed E-state index contributed by atoms with van der Waals surface area (Å²) in [7, 11) is 0. The van der Waals surface area contributed by atoms with Crippen molar-refractivity contribution in [1.29, 1.82) is 0 Å². The summed E-state index contributed by atoms with van der Waals surface area (Å²) in [5, 5.41) is 8.81. The summed E-state index contributed by atoms with van der Waals surface area (Å²) in [5.74, 6) is -1.30. The van der Waals surface area contributed by atoms with Crippen molar-refractivity contribution in [3.8, 4) is 0 Å². The van der Waals surface area contributed by atoms with Gasteiger partial charge in [-0.2, -0.15) is 0 Å². The van der Waals surface area contributed by atoms with E-state index in [1.54, 1.807) is 13.8 Å². The largest absolute Gasteiger partial charge is 0.466 e. The van der Waals surface area contributed by atoms with Gasteiger partial charge < -0.3 is 19.3 Å². The van der Waals surface area contributed by atoms with E-state index in [0.29, 0.717) is 13.2 Å². The topological polar surface area (TPSA) is 65.0 Å². The number of esters is 1. The maximum absolute atomic E-state index is 11.2. The molecule has 2 unspecified atom stereocenters. The molecule has 0 amide bonds. The molecular formula is C10H20O5. The van der Waals surface area contributed by atoms with Crippen molar-refractivity contribution >= 4 is 5.97 Å². The average molecular weight is 220 g/mol. The molecule has 0 bridgehead atoms. The lowest BCUT2D eigenvalue weighted by Gasteiger charge is -2.21. The first-order valence-electron chi connectivity index (χ1n) is 4.68. The molecule has 1 N–H and O–H groups in total. The van der Waals surface area contributed by atoms with E-state index in [2.05, 4.69) is 0 Å². The minimum absolute atomic E-state index is 0. The van der Waals surface area contributed by atoms with Gasteiger partial charge in [-0.3, -0.25) is 4.79 Å². The average Bonchev–Trinajstić information content (AvgIpc) is 2.47. The molecule has 1 fully saturated rings. The van der Waals surface area contributed by atoms with E-state index < -0.39 is 5.79 Å². The van der Waals surface area contributed by atoms with Crippen LogP contribution in [0.15, 0.2) is 0 Å². The summed E-state index contributed by atoms with van der Waals surface area (Å²) in [6.45, 7) is 3.97. The van der Waals surface area contributed by atoms with Gasteiger partial charge in [-0.05, 0) is 13.8 Å². The minimum atomic E-state index is -0.945. The van der Waals surface area contributed by atoms with Gasteiger partial charge in [0.25, 0.3) is 0 Å². The van der Waals surface area contributed by atoms with E-state index in [4.69, 9.17) is 19.3 Å². The third-order valence-corrected chi connectivity index (χ3v) is 1.96. The smallest absolute Gasteiger partial charge is 0.311 e. The summed E-state index contributed by atoms with van der Waals surface area (Å²) in [6, 6.07) is 0. The van der Waals surface area contributed by atoms with Crippen LogP contribution in [0, 0.1) is 0 Å². The van der Waals surface area contributed by atoms with Crippen molar-refractivity contribution < 1.29 is 24.1 Å². The highest BCUT2D eigenvalue weighted by molar-refractivity contribution is 5.70. The molecule has 0 aliphatic carbocycles. The van der Waals surface area contributed by atoms with E-state index >= 15 is 0 Å². The first-order chi connectivity index (χ1) is 6.59. The fraction of sp³-hybridized carbons (Fsp3) is 0.900. The number of carbonyl (C=O) groups is 1. The van der Waals surface area contributed by atoms with Gasteiger partial charge in [0.2, 0.25) is 0 Å². The van der Waals surface area contributed by atoms with Crippen LogP contribution < -0.4 is 0 Å². The minimum Gasteiger partial charge on any atom is -0.466 e. The molecule has 5 heteroatoms. The number of hydrogen-bond acceptors (Lipinski definition) is 5. The first-order valence-corrected chi connectivity index (χ1v) is 4.68. The van der Waals surface area contributed by atoms with Crippen LogP contribution in [-0.4, -0.2) is 42.8 Å². The third-order valence-electron chi connectivity index (χ3n) is 1.96. The van der Waals surface area contributed by atoms with Gasteiger partial charge in [0.15, 0.2) is 5.79 Å². The molecular weight excluding hydrogens is 200 g/mol. The van der Waals surface area contributed by atoms with Gasteiger partial charge in [0.1, 0.15) is 6.10 Å². The Balaban J connectivity index is 0.00000196. The molecule has 90 valence electrons. The number of rotatable bonds is 4. The van der Waals surface area contributed by atoms with Crippen molar-refractivity contribution in [1.82, 2.24) is 0 Å². The maximum Gasteiger partial charge on any atom is 0.311 e. The molecule has 0 saturated carbocycles. The quantitative estimate of drug-likeness (QED) is 0.706. The van der Waals surface area contributed by atoms with Crippen LogP contribution >= 0.6 is 0 Å². The van der Waals surface area contributed by atoms with Gasteiger partial charge in [-0.15, -0.1) is 0 Å². The summed E-state index contributed by atoms with van der Waals surface area (Å²) < 4.78 is 15.4. The highest BCUT2D eigenvalue weighted by Crippen LogP contribution is 2.26. The number of hydrogen-bond donors (Lipinski definition) is 1. The fourth-order valence-electron chi connectivity index (χ4n) is 1.35. The Morgan fingerprint density at radius 3 is 2.80 bits per heavy atom. The molecule has 0 aromatic rings. The Labute approximate surface area is 90.3 Å². The molecule has 2 atom stereocenters. The first kappa shape index (κ1) is 14.3. The zero-order valence-electron chi connectivity index (χ0n) is 8.49. The monoisotopic (exact) mass is 220 g/mol. The van der Waals surface area contributed by atoms with E-state index in [9.17, 15) is 4.79 Å². The van der Waals surface area contributed by atoms with Crippen LogP contribution in [0.5, 0.6) is 0 Å². The van der Waals surface area contributed by atoms with Crippen LogP contribution in [0.4, 0.5) is 0 Å². The highest BCUT2D eigenvalue weighted by atomic mass is 16.7. The van der Waals surface area contributed by atoms with Gasteiger partial charge in [0, 0.05) is 0 Å². The molecule has 0 aromatic heterocycles. The van der Waals surface area contributed by atoms with Crippen molar-refractivity contribution in [2.45, 2.75) is 39.6 Å². The lowest BCUT2D eigenvalue weighted by Crippen LogP contribution is -2.31. The van der Waals surface area contributed by atoms with Crippen molar-refractivity contribution in [2.75, 3.05) is 19.8 Å². The standard InChI is InChI=1S/C9H16O5.CH4/c1-3-12-8(11)4-9(2)13-6-7(5-10)14-9;/h7,10H,3-6H2,1-2H3;1H4. The van der Waals surface area contributed by atoms with Crippen LogP contribution in [0.25, 0.3) is 0 Å². The lowest BCUT2D eigenvalue weighted by molar-refractivity contribution is -0.181. The Morgan fingerprint density at radius 2 is 2.33 bits per heavy atom. The molecule has 1 aliphatic rings. The number of aliphatic hydroxyl groups is 1. The van der Waals surface area contributed by atoms with E-state index in [1.807, 2.05) is 0 Å². The third kappa shape index (κ3) is 4.15. The Bertz CT molecular complexity index is 206. The zero-order chi connectivity index (χ0) is 10.6. The van der Waals surface area contributed by atoms with Crippen LogP contribution in [0.1, 0.15) is 27.7 Å². The Kier molecular flexibility index (Phi) is 5.79. The number of aliphatic hydroxyl groups excluding tert-OH is 1. The highest BCUT2D eigenvalue weighted by Gasteiger charge is 2.39. The molecule has 0 aromatic carbocycles. The molecule has 1 rings (SSSR count). The second-order valence-corrected chi connectivity index (χ2v) is 3.35. The van der Waals surface area contributed by atoms with Crippen molar-refractivity contribution in [3.63, 3.8) is 0 Å². The van der Waals surface area contributed by atoms with Gasteiger partial charge >= 0.3 is 5.97 Å². The predicted octanol–water partition coefficient (Wildman–Crippen LogP) is 0.700. The lowest BCUT2D eigenvalue weighted by atomic mass is 10.2. The van der Waals surface area contributed by atoms with Gasteiger partial charge in [-0.25, -0.2) is 0 Å². The molecule has 1 saturated heterocycles. The maximum atomic E-state index is 11.2. The number of ether oxygens (including phenoxy) is 3. The van der Waals surface area contributed by atoms with Crippen LogP contribution in [0.2, 0.25) is 0 Å². The molecule has 1 aliphatic heterocycles. The molecule has 1 heterocycles. The van der Waals surface area contributed by atoms with E-state index in [-0.39, 0.29) is 32.5 Å². The Morgan fingerprint density at radius 1 is 1.67 bits per heavy atom. The second kappa shape index (κ2) is 6.05. The predicted molar refractivity (Wildman–Crippen MR) is 54.3 cm³/mol. The second-order valence-electron chi connectivity index (χ2n) is 3.35. The van der Waals surface area contributed by atoms with E-state index in [1.165, 1.54) is 0 Å². The number of carbonyl (C=O) groups excluding carboxylic acids is 1. The summed E-state index contributed by atoms with van der Waals surface area (Å²) in [6.07, 6.45) is -0.286. The van der Waals surface area contributed by atoms with Gasteiger partial charge in [-0.1, -0.05) is 7.43 Å². The fourth-order valence-corrected chi connectivity index (χ4v) is 1.35. The van der Waals surface area contributed by atoms with Crippen molar-refractivity contribution in [3.05, 3.63) is 0 Å².